The van der Waals surface area contributed by atoms with Gasteiger partial charge in [-0.1, -0.05) is 0 Å². The van der Waals surface area contributed by atoms with Crippen molar-refractivity contribution in [1.29, 1.82) is 0 Å². The summed E-state index contributed by atoms with van der Waals surface area (Å²) in [7, 11) is 1.94. The van der Waals surface area contributed by atoms with Gasteiger partial charge in [0.25, 0.3) is 0 Å². The summed E-state index contributed by atoms with van der Waals surface area (Å²) >= 11 is 0. The maximum absolute atomic E-state index is 13.1. The molecule has 0 atom stereocenters. The van der Waals surface area contributed by atoms with Crippen LogP contribution in [0.15, 0.2) is 42.7 Å². The number of aliphatic hydroxyl groups excluding tert-OH is 1. The molecule has 1 N–H and O–H groups in total. The molecule has 3 nitrogen and oxygen atoms in total. The van der Waals surface area contributed by atoms with Gasteiger partial charge in [-0.3, -0.25) is 4.98 Å². The first kappa shape index (κ1) is 13.5. The summed E-state index contributed by atoms with van der Waals surface area (Å²) in [6.07, 6.45) is 4.42. The fourth-order valence-electron chi connectivity index (χ4n) is 2.02. The van der Waals surface area contributed by atoms with Crippen molar-refractivity contribution in [3.05, 3.63) is 59.7 Å². The molecule has 0 aliphatic heterocycles. The third-order valence-electron chi connectivity index (χ3n) is 3.11. The van der Waals surface area contributed by atoms with Crippen LogP contribution in [0, 0.1) is 5.82 Å². The van der Waals surface area contributed by atoms with Crippen LogP contribution in [0.3, 0.4) is 0 Å². The predicted molar refractivity (Wildman–Crippen MR) is 73.5 cm³/mol. The van der Waals surface area contributed by atoms with E-state index in [0.29, 0.717) is 5.56 Å². The number of hydrogen-bond donors (Lipinski definition) is 1. The standard InChI is InChI=1S/C15H17FN2O/c1-18(9-6-12-4-7-17-8-5-12)15-3-2-14(16)10-13(15)11-19/h2-5,7-8,10,19H,6,9,11H2,1H3. The van der Waals surface area contributed by atoms with E-state index in [0.717, 1.165) is 18.7 Å². The highest BCUT2D eigenvalue weighted by molar-refractivity contribution is 5.53. The monoisotopic (exact) mass is 260 g/mol. The number of nitrogens with zero attached hydrogens (tertiary/aromatic N) is 2. The minimum Gasteiger partial charge on any atom is -0.392 e. The third-order valence-corrected chi connectivity index (χ3v) is 3.11. The molecule has 0 fully saturated rings. The van der Waals surface area contributed by atoms with Crippen LogP contribution in [0.4, 0.5) is 10.1 Å². The molecular weight excluding hydrogens is 243 g/mol. The Morgan fingerprint density at radius 3 is 2.63 bits per heavy atom. The van der Waals surface area contributed by atoms with Crippen molar-refractivity contribution >= 4 is 5.69 Å². The second-order valence-electron chi connectivity index (χ2n) is 4.46. The zero-order chi connectivity index (χ0) is 13.7. The van der Waals surface area contributed by atoms with Gasteiger partial charge in [0, 0.05) is 37.2 Å². The summed E-state index contributed by atoms with van der Waals surface area (Å²) in [5, 5.41) is 9.28. The van der Waals surface area contributed by atoms with E-state index in [1.807, 2.05) is 24.1 Å². The average molecular weight is 260 g/mol. The van der Waals surface area contributed by atoms with Gasteiger partial charge < -0.3 is 10.0 Å². The molecule has 2 rings (SSSR count). The Morgan fingerprint density at radius 1 is 1.21 bits per heavy atom. The molecule has 0 radical (unpaired) electrons. The third kappa shape index (κ3) is 3.51. The largest absolute Gasteiger partial charge is 0.392 e. The van der Waals surface area contributed by atoms with Crippen molar-refractivity contribution in [3.8, 4) is 0 Å². The summed E-state index contributed by atoms with van der Waals surface area (Å²) in [5.41, 5.74) is 2.67. The number of halogens is 1. The minimum absolute atomic E-state index is 0.160. The van der Waals surface area contributed by atoms with Crippen LogP contribution < -0.4 is 4.90 Å². The summed E-state index contributed by atoms with van der Waals surface area (Å²) in [4.78, 5) is 6.00. The van der Waals surface area contributed by atoms with Gasteiger partial charge in [-0.15, -0.1) is 0 Å². The van der Waals surface area contributed by atoms with Crippen LogP contribution >= 0.6 is 0 Å². The Hall–Kier alpha value is -1.94. The summed E-state index contributed by atoms with van der Waals surface area (Å²) < 4.78 is 13.1. The van der Waals surface area contributed by atoms with Gasteiger partial charge in [-0.05, 0) is 42.3 Å². The summed E-state index contributed by atoms with van der Waals surface area (Å²) in [6, 6.07) is 8.44. The van der Waals surface area contributed by atoms with Crippen LogP contribution in [0.2, 0.25) is 0 Å². The molecule has 0 aliphatic rings. The average Bonchev–Trinajstić information content (AvgIpc) is 2.45. The Morgan fingerprint density at radius 2 is 1.95 bits per heavy atom. The van der Waals surface area contributed by atoms with E-state index in [-0.39, 0.29) is 12.4 Å². The van der Waals surface area contributed by atoms with E-state index in [9.17, 15) is 9.50 Å². The number of rotatable bonds is 5. The predicted octanol–water partition coefficient (Wildman–Crippen LogP) is 2.39. The first-order valence-corrected chi connectivity index (χ1v) is 6.20. The van der Waals surface area contributed by atoms with Crippen molar-refractivity contribution in [2.45, 2.75) is 13.0 Å². The van der Waals surface area contributed by atoms with Gasteiger partial charge in [0.15, 0.2) is 0 Å². The molecule has 0 spiro atoms. The number of aliphatic hydroxyl groups is 1. The number of likely N-dealkylation sites (N-methyl/N-ethyl adjacent to an activating group) is 1. The molecule has 100 valence electrons. The van der Waals surface area contributed by atoms with Gasteiger partial charge in [0.1, 0.15) is 5.82 Å². The van der Waals surface area contributed by atoms with E-state index in [1.54, 1.807) is 18.5 Å². The van der Waals surface area contributed by atoms with Crippen LogP contribution in [0.5, 0.6) is 0 Å². The smallest absolute Gasteiger partial charge is 0.123 e. The molecule has 1 aromatic heterocycles. The molecule has 4 heteroatoms. The minimum atomic E-state index is -0.324. The molecule has 1 heterocycles. The molecule has 0 bridgehead atoms. The van der Waals surface area contributed by atoms with Crippen LogP contribution in [0.1, 0.15) is 11.1 Å². The van der Waals surface area contributed by atoms with Crippen molar-refractivity contribution < 1.29 is 9.50 Å². The zero-order valence-corrected chi connectivity index (χ0v) is 10.9. The number of benzene rings is 1. The van der Waals surface area contributed by atoms with Crippen LogP contribution in [-0.4, -0.2) is 23.7 Å². The SMILES string of the molecule is CN(CCc1ccncc1)c1ccc(F)cc1CO. The van der Waals surface area contributed by atoms with Gasteiger partial charge in [-0.2, -0.15) is 0 Å². The van der Waals surface area contributed by atoms with Crippen molar-refractivity contribution in [1.82, 2.24) is 4.98 Å². The number of hydrogen-bond acceptors (Lipinski definition) is 3. The lowest BCUT2D eigenvalue weighted by Crippen LogP contribution is -2.21. The Labute approximate surface area is 112 Å². The van der Waals surface area contributed by atoms with Gasteiger partial charge in [0.05, 0.1) is 6.61 Å². The molecule has 2 aromatic rings. The quantitative estimate of drug-likeness (QED) is 0.896. The van der Waals surface area contributed by atoms with E-state index in [2.05, 4.69) is 4.98 Å². The molecule has 0 saturated heterocycles. The van der Waals surface area contributed by atoms with Gasteiger partial charge >= 0.3 is 0 Å². The first-order valence-electron chi connectivity index (χ1n) is 6.20. The van der Waals surface area contributed by atoms with Crippen LogP contribution in [-0.2, 0) is 13.0 Å². The number of anilines is 1. The highest BCUT2D eigenvalue weighted by Gasteiger charge is 2.08. The van der Waals surface area contributed by atoms with Gasteiger partial charge in [0.2, 0.25) is 0 Å². The second-order valence-corrected chi connectivity index (χ2v) is 4.46. The maximum atomic E-state index is 13.1. The Balaban J connectivity index is 2.05. The van der Waals surface area contributed by atoms with Crippen molar-refractivity contribution in [3.63, 3.8) is 0 Å². The fourth-order valence-corrected chi connectivity index (χ4v) is 2.02. The molecular formula is C15H17FN2O. The van der Waals surface area contributed by atoms with Crippen molar-refractivity contribution in [2.75, 3.05) is 18.5 Å². The van der Waals surface area contributed by atoms with E-state index in [4.69, 9.17) is 0 Å². The first-order chi connectivity index (χ1) is 9.20. The molecule has 0 saturated carbocycles. The molecule has 0 aliphatic carbocycles. The Bertz CT molecular complexity index is 531. The maximum Gasteiger partial charge on any atom is 0.123 e. The topological polar surface area (TPSA) is 36.4 Å². The lowest BCUT2D eigenvalue weighted by molar-refractivity contribution is 0.281. The van der Waals surface area contributed by atoms with Gasteiger partial charge in [-0.25, -0.2) is 4.39 Å². The van der Waals surface area contributed by atoms with E-state index < -0.39 is 0 Å². The fraction of sp³-hybridized carbons (Fsp3) is 0.267. The molecule has 19 heavy (non-hydrogen) atoms. The lowest BCUT2D eigenvalue weighted by Gasteiger charge is -2.22. The highest BCUT2D eigenvalue weighted by Crippen LogP contribution is 2.21. The second kappa shape index (κ2) is 6.29. The van der Waals surface area contributed by atoms with E-state index >= 15 is 0 Å². The summed E-state index contributed by atoms with van der Waals surface area (Å²) in [6.45, 7) is 0.634. The number of pyridine rings is 1. The zero-order valence-electron chi connectivity index (χ0n) is 10.9. The lowest BCUT2D eigenvalue weighted by atomic mass is 10.1. The molecule has 1 aromatic carbocycles. The van der Waals surface area contributed by atoms with Crippen LogP contribution in [0.25, 0.3) is 0 Å². The van der Waals surface area contributed by atoms with Crippen molar-refractivity contribution in [2.24, 2.45) is 0 Å². The number of aromatic nitrogens is 1. The summed E-state index contributed by atoms with van der Waals surface area (Å²) in [5.74, 6) is -0.324. The normalized spacial score (nSPS) is 10.5. The highest BCUT2D eigenvalue weighted by atomic mass is 19.1. The molecule has 0 amide bonds. The Kier molecular flexibility index (Phi) is 4.47. The molecule has 0 unspecified atom stereocenters. The van der Waals surface area contributed by atoms with E-state index in [1.165, 1.54) is 17.7 Å².